The standard InChI is InChI=1S/C13H19ClN4OS/c1-9(19)16-8-20-11-6-12(14)17-13(7-11)18-4-2-10(15)3-5-18/h6-7,10H,2-5,8,15H2,1H3,(H,16,19). The average molecular weight is 315 g/mol. The molecule has 1 amide bonds. The van der Waals surface area contributed by atoms with Gasteiger partial charge in [0.1, 0.15) is 11.0 Å². The minimum absolute atomic E-state index is 0.0390. The van der Waals surface area contributed by atoms with Crippen LogP contribution in [-0.2, 0) is 4.79 Å². The zero-order chi connectivity index (χ0) is 14.5. The molecule has 110 valence electrons. The molecule has 7 heteroatoms. The fraction of sp³-hybridized carbons (Fsp3) is 0.538. The molecule has 1 aliphatic heterocycles. The van der Waals surface area contributed by atoms with Gasteiger partial charge in [0.25, 0.3) is 0 Å². The van der Waals surface area contributed by atoms with E-state index in [4.69, 9.17) is 17.3 Å². The van der Waals surface area contributed by atoms with Crippen LogP contribution in [0.1, 0.15) is 19.8 Å². The number of anilines is 1. The molecule has 0 aromatic carbocycles. The second kappa shape index (κ2) is 7.15. The number of thioether (sulfide) groups is 1. The molecule has 2 heterocycles. The monoisotopic (exact) mass is 314 g/mol. The Morgan fingerprint density at radius 2 is 2.25 bits per heavy atom. The van der Waals surface area contributed by atoms with E-state index in [9.17, 15) is 4.79 Å². The van der Waals surface area contributed by atoms with Gasteiger partial charge in [-0.05, 0) is 25.0 Å². The molecule has 3 N–H and O–H groups in total. The Morgan fingerprint density at radius 3 is 2.90 bits per heavy atom. The van der Waals surface area contributed by atoms with E-state index in [1.54, 1.807) is 0 Å². The molecular formula is C13H19ClN4OS. The molecule has 20 heavy (non-hydrogen) atoms. The normalized spacial score (nSPS) is 16.2. The topological polar surface area (TPSA) is 71.2 Å². The molecule has 0 saturated carbocycles. The third-order valence-corrected chi connectivity index (χ3v) is 4.23. The molecule has 0 spiro atoms. The van der Waals surface area contributed by atoms with Crippen LogP contribution >= 0.6 is 23.4 Å². The Morgan fingerprint density at radius 1 is 1.55 bits per heavy atom. The molecule has 0 bridgehead atoms. The number of rotatable bonds is 4. The summed E-state index contributed by atoms with van der Waals surface area (Å²) in [6.07, 6.45) is 1.95. The predicted octanol–water partition coefficient (Wildman–Crippen LogP) is 1.85. The van der Waals surface area contributed by atoms with Gasteiger partial charge in [-0.1, -0.05) is 11.6 Å². The van der Waals surface area contributed by atoms with Crippen molar-refractivity contribution >= 4 is 35.1 Å². The molecule has 0 aliphatic carbocycles. The van der Waals surface area contributed by atoms with Gasteiger partial charge >= 0.3 is 0 Å². The van der Waals surface area contributed by atoms with E-state index in [1.165, 1.54) is 18.7 Å². The lowest BCUT2D eigenvalue weighted by Crippen LogP contribution is -2.40. The Kier molecular flexibility index (Phi) is 5.51. The number of nitrogens with one attached hydrogen (secondary N) is 1. The minimum Gasteiger partial charge on any atom is -0.356 e. The van der Waals surface area contributed by atoms with Crippen molar-refractivity contribution in [1.29, 1.82) is 0 Å². The fourth-order valence-electron chi connectivity index (χ4n) is 2.06. The van der Waals surface area contributed by atoms with Crippen molar-refractivity contribution in [2.24, 2.45) is 5.73 Å². The Balaban J connectivity index is 2.02. The lowest BCUT2D eigenvalue weighted by molar-refractivity contribution is -0.118. The maximum atomic E-state index is 10.9. The van der Waals surface area contributed by atoms with E-state index in [1.807, 2.05) is 12.1 Å². The van der Waals surface area contributed by atoms with Gasteiger partial charge in [-0.25, -0.2) is 4.98 Å². The zero-order valence-electron chi connectivity index (χ0n) is 11.4. The van der Waals surface area contributed by atoms with Crippen LogP contribution in [0.15, 0.2) is 17.0 Å². The largest absolute Gasteiger partial charge is 0.356 e. The van der Waals surface area contributed by atoms with E-state index in [0.29, 0.717) is 17.1 Å². The molecule has 0 radical (unpaired) electrons. The van der Waals surface area contributed by atoms with Crippen molar-refractivity contribution in [3.63, 3.8) is 0 Å². The van der Waals surface area contributed by atoms with Gasteiger partial charge in [0.2, 0.25) is 5.91 Å². The third kappa shape index (κ3) is 4.54. The van der Waals surface area contributed by atoms with Gasteiger partial charge in [-0.2, -0.15) is 0 Å². The molecule has 1 aromatic rings. The zero-order valence-corrected chi connectivity index (χ0v) is 13.0. The summed E-state index contributed by atoms with van der Waals surface area (Å²) < 4.78 is 0. The maximum absolute atomic E-state index is 10.9. The van der Waals surface area contributed by atoms with Crippen LogP contribution in [-0.4, -0.2) is 35.9 Å². The van der Waals surface area contributed by atoms with E-state index in [-0.39, 0.29) is 5.91 Å². The van der Waals surface area contributed by atoms with Gasteiger partial charge in [0, 0.05) is 31.0 Å². The van der Waals surface area contributed by atoms with Crippen LogP contribution in [0.4, 0.5) is 5.82 Å². The maximum Gasteiger partial charge on any atom is 0.217 e. The van der Waals surface area contributed by atoms with Crippen molar-refractivity contribution in [2.75, 3.05) is 23.9 Å². The highest BCUT2D eigenvalue weighted by molar-refractivity contribution is 7.99. The summed E-state index contributed by atoms with van der Waals surface area (Å²) in [4.78, 5) is 18.4. The Hall–Kier alpha value is -0.980. The number of halogens is 1. The molecule has 0 atom stereocenters. The summed E-state index contributed by atoms with van der Waals surface area (Å²) in [5.74, 6) is 1.37. The average Bonchev–Trinajstić information content (AvgIpc) is 2.38. The smallest absolute Gasteiger partial charge is 0.217 e. The van der Waals surface area contributed by atoms with E-state index < -0.39 is 0 Å². The van der Waals surface area contributed by atoms with Crippen molar-refractivity contribution in [3.8, 4) is 0 Å². The first-order valence-corrected chi connectivity index (χ1v) is 7.96. The first kappa shape index (κ1) is 15.4. The van der Waals surface area contributed by atoms with Crippen molar-refractivity contribution < 1.29 is 4.79 Å². The Labute approximate surface area is 128 Å². The van der Waals surface area contributed by atoms with Crippen molar-refractivity contribution in [2.45, 2.75) is 30.7 Å². The summed E-state index contributed by atoms with van der Waals surface area (Å²) in [5.41, 5.74) is 5.91. The summed E-state index contributed by atoms with van der Waals surface area (Å²) in [6.45, 7) is 3.32. The van der Waals surface area contributed by atoms with Crippen molar-refractivity contribution in [3.05, 3.63) is 17.3 Å². The highest BCUT2D eigenvalue weighted by Crippen LogP contribution is 2.26. The number of nitrogens with zero attached hydrogens (tertiary/aromatic N) is 2. The second-order valence-electron chi connectivity index (χ2n) is 4.83. The van der Waals surface area contributed by atoms with Crippen LogP contribution in [0.2, 0.25) is 5.15 Å². The summed E-state index contributed by atoms with van der Waals surface area (Å²) in [7, 11) is 0. The van der Waals surface area contributed by atoms with Gasteiger partial charge in [-0.15, -0.1) is 11.8 Å². The van der Waals surface area contributed by atoms with Crippen LogP contribution in [0.3, 0.4) is 0 Å². The lowest BCUT2D eigenvalue weighted by Gasteiger charge is -2.31. The second-order valence-corrected chi connectivity index (χ2v) is 6.27. The van der Waals surface area contributed by atoms with E-state index >= 15 is 0 Å². The van der Waals surface area contributed by atoms with Gasteiger partial charge in [-0.3, -0.25) is 4.79 Å². The fourth-order valence-corrected chi connectivity index (χ4v) is 3.15. The molecule has 1 fully saturated rings. The summed E-state index contributed by atoms with van der Waals surface area (Å²) in [5, 5.41) is 3.22. The SMILES string of the molecule is CC(=O)NCSc1cc(Cl)nc(N2CCC(N)CC2)c1. The number of piperidine rings is 1. The predicted molar refractivity (Wildman–Crippen MR) is 83.2 cm³/mol. The summed E-state index contributed by atoms with van der Waals surface area (Å²) >= 11 is 7.61. The highest BCUT2D eigenvalue weighted by atomic mass is 35.5. The van der Waals surface area contributed by atoms with Gasteiger partial charge in [0.15, 0.2) is 0 Å². The first-order valence-electron chi connectivity index (χ1n) is 6.60. The van der Waals surface area contributed by atoms with Crippen LogP contribution in [0.25, 0.3) is 0 Å². The molecule has 1 saturated heterocycles. The van der Waals surface area contributed by atoms with Crippen LogP contribution in [0.5, 0.6) is 0 Å². The number of carbonyl (C=O) groups excluding carboxylic acids is 1. The molecule has 1 aromatic heterocycles. The summed E-state index contributed by atoms with van der Waals surface area (Å²) in [6, 6.07) is 4.11. The first-order chi connectivity index (χ1) is 9.54. The number of hydrogen-bond acceptors (Lipinski definition) is 5. The third-order valence-electron chi connectivity index (χ3n) is 3.18. The van der Waals surface area contributed by atoms with E-state index in [2.05, 4.69) is 15.2 Å². The van der Waals surface area contributed by atoms with Crippen LogP contribution in [0, 0.1) is 0 Å². The molecule has 2 rings (SSSR count). The number of carbonyl (C=O) groups is 1. The minimum atomic E-state index is -0.0390. The molecule has 1 aliphatic rings. The highest BCUT2D eigenvalue weighted by Gasteiger charge is 2.18. The van der Waals surface area contributed by atoms with Crippen LogP contribution < -0.4 is 16.0 Å². The number of aromatic nitrogens is 1. The molecular weight excluding hydrogens is 296 g/mol. The van der Waals surface area contributed by atoms with Gasteiger partial charge < -0.3 is 16.0 Å². The van der Waals surface area contributed by atoms with E-state index in [0.717, 1.165) is 36.6 Å². The lowest BCUT2D eigenvalue weighted by atomic mass is 10.1. The number of nitrogens with two attached hydrogens (primary N) is 1. The molecule has 5 nitrogen and oxygen atoms in total. The number of amides is 1. The number of pyridine rings is 1. The quantitative estimate of drug-likeness (QED) is 0.504. The Bertz CT molecular complexity index is 477. The molecule has 0 unspecified atom stereocenters. The van der Waals surface area contributed by atoms with Gasteiger partial charge in [0.05, 0.1) is 5.88 Å². The number of hydrogen-bond donors (Lipinski definition) is 2. The van der Waals surface area contributed by atoms with Crippen molar-refractivity contribution in [1.82, 2.24) is 10.3 Å².